The number of benzene rings is 2. The molecule has 4 rings (SSSR count). The van der Waals surface area contributed by atoms with E-state index >= 15 is 0 Å². The molecule has 0 spiro atoms. The van der Waals surface area contributed by atoms with Gasteiger partial charge in [0.1, 0.15) is 0 Å². The number of amides is 2. The highest BCUT2D eigenvalue weighted by atomic mass is 32.2. The molecule has 27 heavy (non-hydrogen) atoms. The van der Waals surface area contributed by atoms with E-state index in [9.17, 15) is 9.59 Å². The van der Waals surface area contributed by atoms with Crippen molar-refractivity contribution in [3.63, 3.8) is 0 Å². The van der Waals surface area contributed by atoms with Crippen molar-refractivity contribution in [1.29, 1.82) is 0 Å². The second-order valence-corrected chi connectivity index (χ2v) is 8.14. The summed E-state index contributed by atoms with van der Waals surface area (Å²) in [7, 11) is 0. The topological polar surface area (TPSA) is 40.6 Å². The maximum Gasteiger partial charge on any atom is 0.271 e. The van der Waals surface area contributed by atoms with Gasteiger partial charge >= 0.3 is 0 Å². The summed E-state index contributed by atoms with van der Waals surface area (Å²) >= 11 is 6.73. The van der Waals surface area contributed by atoms with Crippen LogP contribution in [0.25, 0.3) is 5.57 Å². The average Bonchev–Trinajstić information content (AvgIpc) is 3.10. The lowest BCUT2D eigenvalue weighted by Gasteiger charge is -2.18. The number of aryl methyl sites for hydroxylation is 1. The summed E-state index contributed by atoms with van der Waals surface area (Å²) < 4.78 is 0.455. The quantitative estimate of drug-likeness (QED) is 0.558. The van der Waals surface area contributed by atoms with Crippen molar-refractivity contribution in [3.8, 4) is 0 Å². The molecular formula is C21H18N2O2S2. The zero-order valence-electron chi connectivity index (χ0n) is 15.3. The number of likely N-dealkylation sites (N-methyl/N-ethyl adjacent to an activating group) is 1. The molecule has 2 amide bonds. The lowest BCUT2D eigenvalue weighted by molar-refractivity contribution is -0.115. The maximum absolute atomic E-state index is 13.3. The number of para-hydroxylation sites is 1. The van der Waals surface area contributed by atoms with Crippen molar-refractivity contribution >= 4 is 57.1 Å². The summed E-state index contributed by atoms with van der Waals surface area (Å²) in [5.41, 5.74) is 4.97. The zero-order valence-corrected chi connectivity index (χ0v) is 16.9. The van der Waals surface area contributed by atoms with Gasteiger partial charge in [0.05, 0.1) is 21.9 Å². The van der Waals surface area contributed by atoms with Crippen LogP contribution in [0.5, 0.6) is 0 Å². The molecule has 0 N–H and O–H groups in total. The van der Waals surface area contributed by atoms with E-state index in [0.29, 0.717) is 21.3 Å². The van der Waals surface area contributed by atoms with E-state index in [1.807, 2.05) is 63.2 Å². The maximum atomic E-state index is 13.3. The van der Waals surface area contributed by atoms with E-state index in [1.54, 1.807) is 9.80 Å². The van der Waals surface area contributed by atoms with E-state index in [1.165, 1.54) is 11.8 Å². The Morgan fingerprint density at radius 1 is 0.963 bits per heavy atom. The van der Waals surface area contributed by atoms with Gasteiger partial charge in [-0.15, -0.1) is 0 Å². The van der Waals surface area contributed by atoms with Crippen LogP contribution in [0, 0.1) is 13.8 Å². The van der Waals surface area contributed by atoms with E-state index < -0.39 is 0 Å². The first-order valence-electron chi connectivity index (χ1n) is 8.73. The summed E-state index contributed by atoms with van der Waals surface area (Å²) in [5.74, 6) is -0.366. The number of hydrogen-bond donors (Lipinski definition) is 0. The fraction of sp³-hybridized carbons (Fsp3) is 0.190. The van der Waals surface area contributed by atoms with Gasteiger partial charge in [-0.05, 0) is 44.0 Å². The summed E-state index contributed by atoms with van der Waals surface area (Å²) in [4.78, 5) is 30.0. The number of thioether (sulfide) groups is 1. The Morgan fingerprint density at radius 3 is 2.41 bits per heavy atom. The average molecular weight is 395 g/mol. The monoisotopic (exact) mass is 394 g/mol. The van der Waals surface area contributed by atoms with Crippen molar-refractivity contribution in [3.05, 3.63) is 64.1 Å². The fourth-order valence-corrected chi connectivity index (χ4v) is 4.87. The Bertz CT molecular complexity index is 1040. The number of nitrogens with zero attached hydrogens (tertiary/aromatic N) is 2. The lowest BCUT2D eigenvalue weighted by atomic mass is 10.1. The molecule has 1 saturated heterocycles. The van der Waals surface area contributed by atoms with Gasteiger partial charge in [-0.2, -0.15) is 0 Å². The Kier molecular flexibility index (Phi) is 4.40. The molecule has 0 bridgehead atoms. The van der Waals surface area contributed by atoms with Gasteiger partial charge in [0, 0.05) is 12.1 Å². The Balaban J connectivity index is 1.87. The van der Waals surface area contributed by atoms with Crippen molar-refractivity contribution in [2.75, 3.05) is 16.3 Å². The Morgan fingerprint density at radius 2 is 1.67 bits per heavy atom. The minimum absolute atomic E-state index is 0.139. The lowest BCUT2D eigenvalue weighted by Crippen LogP contribution is -2.29. The molecule has 0 aliphatic carbocycles. The van der Waals surface area contributed by atoms with Crippen LogP contribution in [0.15, 0.2) is 47.4 Å². The van der Waals surface area contributed by atoms with Gasteiger partial charge in [0.2, 0.25) is 0 Å². The summed E-state index contributed by atoms with van der Waals surface area (Å²) in [5, 5.41) is 0. The van der Waals surface area contributed by atoms with Gasteiger partial charge < -0.3 is 4.90 Å². The third kappa shape index (κ3) is 2.63. The third-order valence-corrected chi connectivity index (χ3v) is 6.43. The van der Waals surface area contributed by atoms with Crippen LogP contribution in [-0.4, -0.2) is 22.7 Å². The Labute approximate surface area is 167 Å². The van der Waals surface area contributed by atoms with E-state index in [-0.39, 0.29) is 11.8 Å². The number of carbonyl (C=O) groups is 2. The SMILES string of the molecule is CCN1C(=O)/C(=C2\SC(=S)N(c3cccc(C)c3C)C2=O)c2ccccc21. The molecule has 136 valence electrons. The van der Waals surface area contributed by atoms with Gasteiger partial charge in [-0.3, -0.25) is 14.5 Å². The highest BCUT2D eigenvalue weighted by Crippen LogP contribution is 2.45. The van der Waals surface area contributed by atoms with Crippen molar-refractivity contribution < 1.29 is 9.59 Å². The predicted molar refractivity (Wildman–Crippen MR) is 115 cm³/mol. The van der Waals surface area contributed by atoms with Crippen LogP contribution in [0.1, 0.15) is 23.6 Å². The Hall–Kier alpha value is -2.44. The summed E-state index contributed by atoms with van der Waals surface area (Å²) in [6, 6.07) is 13.4. The molecule has 6 heteroatoms. The van der Waals surface area contributed by atoms with E-state index in [0.717, 1.165) is 28.1 Å². The van der Waals surface area contributed by atoms with Crippen LogP contribution >= 0.6 is 24.0 Å². The third-order valence-electron chi connectivity index (χ3n) is 5.05. The molecule has 4 nitrogen and oxygen atoms in total. The fourth-order valence-electron chi connectivity index (χ4n) is 3.52. The molecular weight excluding hydrogens is 376 g/mol. The van der Waals surface area contributed by atoms with E-state index in [4.69, 9.17) is 12.2 Å². The molecule has 0 radical (unpaired) electrons. The molecule has 2 aromatic rings. The zero-order chi connectivity index (χ0) is 19.3. The van der Waals surface area contributed by atoms with Crippen molar-refractivity contribution in [2.24, 2.45) is 0 Å². The molecule has 2 aliphatic rings. The van der Waals surface area contributed by atoms with Crippen molar-refractivity contribution in [2.45, 2.75) is 20.8 Å². The first-order chi connectivity index (χ1) is 13.0. The minimum atomic E-state index is -0.227. The highest BCUT2D eigenvalue weighted by Gasteiger charge is 2.42. The highest BCUT2D eigenvalue weighted by molar-refractivity contribution is 8.27. The van der Waals surface area contributed by atoms with Crippen LogP contribution in [0.3, 0.4) is 0 Å². The summed E-state index contributed by atoms with van der Waals surface area (Å²) in [6.07, 6.45) is 0. The second kappa shape index (κ2) is 6.62. The van der Waals surface area contributed by atoms with Crippen LogP contribution in [0.4, 0.5) is 11.4 Å². The molecule has 0 aromatic heterocycles. The van der Waals surface area contributed by atoms with Gasteiger partial charge in [-0.1, -0.05) is 54.3 Å². The number of rotatable bonds is 2. The van der Waals surface area contributed by atoms with Gasteiger partial charge in [0.15, 0.2) is 4.32 Å². The van der Waals surface area contributed by atoms with E-state index in [2.05, 4.69) is 0 Å². The smallest absolute Gasteiger partial charge is 0.271 e. The number of carbonyl (C=O) groups excluding carboxylic acids is 2. The standard InChI is InChI=1S/C21H18N2O2S2/c1-4-22-16-10-6-5-9-14(16)17(19(22)24)18-20(25)23(21(26)27-18)15-11-7-8-12(2)13(15)3/h5-11H,4H2,1-3H3/b18-17-. The van der Waals surface area contributed by atoms with Gasteiger partial charge in [-0.25, -0.2) is 0 Å². The molecule has 0 unspecified atom stereocenters. The van der Waals surface area contributed by atoms with Crippen LogP contribution < -0.4 is 9.80 Å². The van der Waals surface area contributed by atoms with Crippen molar-refractivity contribution in [1.82, 2.24) is 0 Å². The van der Waals surface area contributed by atoms with Crippen LogP contribution in [-0.2, 0) is 9.59 Å². The molecule has 2 heterocycles. The van der Waals surface area contributed by atoms with Crippen LogP contribution in [0.2, 0.25) is 0 Å². The molecule has 2 aliphatic heterocycles. The minimum Gasteiger partial charge on any atom is -0.308 e. The predicted octanol–water partition coefficient (Wildman–Crippen LogP) is 4.45. The molecule has 0 atom stereocenters. The number of anilines is 2. The number of hydrogen-bond acceptors (Lipinski definition) is 4. The normalized spacial score (nSPS) is 19.3. The molecule has 0 saturated carbocycles. The van der Waals surface area contributed by atoms with Gasteiger partial charge in [0.25, 0.3) is 11.8 Å². The number of fused-ring (bicyclic) bond motifs is 1. The molecule has 1 fully saturated rings. The summed E-state index contributed by atoms with van der Waals surface area (Å²) in [6.45, 7) is 6.46. The largest absolute Gasteiger partial charge is 0.308 e. The molecule has 2 aromatic carbocycles. The second-order valence-electron chi connectivity index (χ2n) is 6.50. The first-order valence-corrected chi connectivity index (χ1v) is 9.96. The first kappa shape index (κ1) is 17.9. The number of thiocarbonyl (C=S) groups is 1.